The number of ketones is 1. The van der Waals surface area contributed by atoms with E-state index >= 15 is 0 Å². The molecule has 5 heteroatoms. The minimum Gasteiger partial charge on any atom is -0.377 e. The third-order valence-corrected chi connectivity index (χ3v) is 4.56. The number of carbonyl (C=O) groups is 1. The van der Waals surface area contributed by atoms with Gasteiger partial charge < -0.3 is 13.3 Å². The van der Waals surface area contributed by atoms with Crippen LogP contribution in [0.15, 0.2) is 24.3 Å². The molecule has 0 bridgehead atoms. The van der Waals surface area contributed by atoms with Gasteiger partial charge >= 0.3 is 8.80 Å². The lowest BCUT2D eigenvalue weighted by molar-refractivity contribution is -0.113. The van der Waals surface area contributed by atoms with Crippen molar-refractivity contribution in [2.24, 2.45) is 0 Å². The van der Waals surface area contributed by atoms with Crippen LogP contribution in [0.2, 0.25) is 6.04 Å². The lowest BCUT2D eigenvalue weighted by atomic mass is 10.4. The minimum absolute atomic E-state index is 0.0645. The monoisotopic (exact) mass is 230 g/mol. The summed E-state index contributed by atoms with van der Waals surface area (Å²) >= 11 is 0. The van der Waals surface area contributed by atoms with Crippen molar-refractivity contribution in [3.05, 3.63) is 24.3 Å². The Labute approximate surface area is 91.9 Å². The first-order chi connectivity index (χ1) is 7.14. The summed E-state index contributed by atoms with van der Waals surface area (Å²) in [5.74, 6) is -0.0645. The van der Waals surface area contributed by atoms with Crippen LogP contribution in [0, 0.1) is 0 Å². The molecule has 0 aromatic heterocycles. The van der Waals surface area contributed by atoms with Gasteiger partial charge in [0.1, 0.15) is 0 Å². The maximum absolute atomic E-state index is 11.5. The fourth-order valence-corrected chi connectivity index (χ4v) is 2.49. The Morgan fingerprint density at radius 3 is 2.07 bits per heavy atom. The zero-order chi connectivity index (χ0) is 11.7. The lowest BCUT2D eigenvalue weighted by Gasteiger charge is -2.22. The number of rotatable bonds is 7. The predicted octanol–water partition coefficient (Wildman–Crippen LogP) is 1.57. The molecule has 0 atom stereocenters. The van der Waals surface area contributed by atoms with Crippen LogP contribution in [0.5, 0.6) is 0 Å². The Kier molecular flexibility index (Phi) is 7.15. The number of carbonyl (C=O) groups excluding carboxylic acids is 1. The Hall–Kier alpha value is -0.753. The predicted molar refractivity (Wildman–Crippen MR) is 60.5 cm³/mol. The van der Waals surface area contributed by atoms with E-state index in [1.807, 2.05) is 13.0 Å². The summed E-state index contributed by atoms with van der Waals surface area (Å²) in [7, 11) is 1.70. The molecule has 15 heavy (non-hydrogen) atoms. The van der Waals surface area contributed by atoms with Crippen LogP contribution >= 0.6 is 0 Å². The third-order valence-electron chi connectivity index (χ3n) is 1.91. The standard InChI is InChI=1S/C10H18O4Si/c1-5-6-7-8-10(11)9-15(12-2,13-3)14-4/h5-8H,9H2,1-4H3/b6-5+,8-7+. The highest BCUT2D eigenvalue weighted by atomic mass is 28.4. The molecule has 4 nitrogen and oxygen atoms in total. The van der Waals surface area contributed by atoms with Gasteiger partial charge in [-0.3, -0.25) is 4.79 Å². The van der Waals surface area contributed by atoms with Crippen molar-refractivity contribution in [2.75, 3.05) is 21.3 Å². The molecule has 0 unspecified atom stereocenters. The Morgan fingerprint density at radius 1 is 1.13 bits per heavy atom. The minimum atomic E-state index is -2.77. The summed E-state index contributed by atoms with van der Waals surface area (Å²) in [4.78, 5) is 11.5. The fourth-order valence-electron chi connectivity index (χ4n) is 1.01. The summed E-state index contributed by atoms with van der Waals surface area (Å²) in [5, 5.41) is 0. The van der Waals surface area contributed by atoms with Gasteiger partial charge in [-0.05, 0) is 13.0 Å². The van der Waals surface area contributed by atoms with Gasteiger partial charge in [0.25, 0.3) is 0 Å². The molecule has 0 aliphatic carbocycles. The van der Waals surface area contributed by atoms with Crippen molar-refractivity contribution in [3.63, 3.8) is 0 Å². The summed E-state index contributed by atoms with van der Waals surface area (Å²) < 4.78 is 15.4. The van der Waals surface area contributed by atoms with Crippen LogP contribution in [0.4, 0.5) is 0 Å². The van der Waals surface area contributed by atoms with Gasteiger partial charge in [0, 0.05) is 21.3 Å². The van der Waals surface area contributed by atoms with Gasteiger partial charge in [-0.2, -0.15) is 0 Å². The van der Waals surface area contributed by atoms with E-state index in [2.05, 4.69) is 0 Å². The molecular formula is C10H18O4Si. The van der Waals surface area contributed by atoms with Gasteiger partial charge in [-0.1, -0.05) is 18.2 Å². The quantitative estimate of drug-likeness (QED) is 0.378. The number of allylic oxidation sites excluding steroid dienone is 4. The zero-order valence-corrected chi connectivity index (χ0v) is 10.6. The molecule has 0 spiro atoms. The van der Waals surface area contributed by atoms with E-state index in [0.717, 1.165) is 0 Å². The molecule has 0 radical (unpaired) electrons. The molecule has 0 rings (SSSR count). The molecule has 0 aromatic carbocycles. The van der Waals surface area contributed by atoms with Gasteiger partial charge in [-0.25, -0.2) is 0 Å². The zero-order valence-electron chi connectivity index (χ0n) is 9.65. The van der Waals surface area contributed by atoms with E-state index in [1.165, 1.54) is 27.4 Å². The van der Waals surface area contributed by atoms with Gasteiger partial charge in [0.2, 0.25) is 0 Å². The molecule has 0 aromatic rings. The number of hydrogen-bond donors (Lipinski definition) is 0. The topological polar surface area (TPSA) is 44.8 Å². The summed E-state index contributed by atoms with van der Waals surface area (Å²) in [6.07, 6.45) is 6.80. The van der Waals surface area contributed by atoms with E-state index in [0.29, 0.717) is 0 Å². The highest BCUT2D eigenvalue weighted by Gasteiger charge is 2.39. The van der Waals surface area contributed by atoms with Crippen molar-refractivity contribution in [1.82, 2.24) is 0 Å². The van der Waals surface area contributed by atoms with E-state index in [9.17, 15) is 4.79 Å². The van der Waals surface area contributed by atoms with Crippen LogP contribution in [-0.2, 0) is 18.1 Å². The SMILES string of the molecule is C/C=C/C=C/C(=O)C[Si](OC)(OC)OC. The molecule has 0 aliphatic rings. The first kappa shape index (κ1) is 14.2. The maximum atomic E-state index is 11.5. The molecule has 0 amide bonds. The second-order valence-corrected chi connectivity index (χ2v) is 5.77. The van der Waals surface area contributed by atoms with Crippen LogP contribution in [0.1, 0.15) is 6.92 Å². The molecule has 0 saturated carbocycles. The highest BCUT2D eigenvalue weighted by Crippen LogP contribution is 2.13. The van der Waals surface area contributed by atoms with E-state index in [4.69, 9.17) is 13.3 Å². The molecule has 0 fully saturated rings. The number of hydrogen-bond acceptors (Lipinski definition) is 4. The Balaban J connectivity index is 4.35. The average molecular weight is 230 g/mol. The fraction of sp³-hybridized carbons (Fsp3) is 0.500. The van der Waals surface area contributed by atoms with Crippen LogP contribution < -0.4 is 0 Å². The summed E-state index contributed by atoms with van der Waals surface area (Å²) in [6.45, 7) is 1.88. The van der Waals surface area contributed by atoms with Crippen molar-refractivity contribution in [2.45, 2.75) is 13.0 Å². The van der Waals surface area contributed by atoms with Crippen molar-refractivity contribution in [1.29, 1.82) is 0 Å². The summed E-state index contributed by atoms with van der Waals surface area (Å²) in [6, 6.07) is 0.157. The van der Waals surface area contributed by atoms with Gasteiger partial charge in [0.15, 0.2) is 5.78 Å². The highest BCUT2D eigenvalue weighted by molar-refractivity contribution is 6.64. The molecular weight excluding hydrogens is 212 g/mol. The Morgan fingerprint density at radius 2 is 1.67 bits per heavy atom. The lowest BCUT2D eigenvalue weighted by Crippen LogP contribution is -2.44. The second-order valence-electron chi connectivity index (χ2n) is 2.82. The molecule has 0 aliphatic heterocycles. The molecule has 0 N–H and O–H groups in total. The van der Waals surface area contributed by atoms with Crippen molar-refractivity contribution < 1.29 is 18.1 Å². The van der Waals surface area contributed by atoms with E-state index in [-0.39, 0.29) is 11.8 Å². The third kappa shape index (κ3) is 5.03. The van der Waals surface area contributed by atoms with Gasteiger partial charge in [0.05, 0.1) is 6.04 Å². The van der Waals surface area contributed by atoms with Crippen LogP contribution in [-0.4, -0.2) is 35.9 Å². The normalized spacial score (nSPS) is 12.8. The van der Waals surface area contributed by atoms with E-state index < -0.39 is 8.80 Å². The first-order valence-corrected chi connectivity index (χ1v) is 6.55. The van der Waals surface area contributed by atoms with Crippen molar-refractivity contribution in [3.8, 4) is 0 Å². The molecule has 0 saturated heterocycles. The van der Waals surface area contributed by atoms with Crippen LogP contribution in [0.25, 0.3) is 0 Å². The Bertz CT molecular complexity index is 236. The summed E-state index contributed by atoms with van der Waals surface area (Å²) in [5.41, 5.74) is 0. The molecule has 86 valence electrons. The smallest absolute Gasteiger partial charge is 0.377 e. The largest absolute Gasteiger partial charge is 0.508 e. The average Bonchev–Trinajstić information content (AvgIpc) is 2.26. The van der Waals surface area contributed by atoms with E-state index in [1.54, 1.807) is 12.2 Å². The second kappa shape index (κ2) is 7.53. The van der Waals surface area contributed by atoms with Gasteiger partial charge in [-0.15, -0.1) is 0 Å². The molecule has 0 heterocycles. The van der Waals surface area contributed by atoms with Crippen LogP contribution in [0.3, 0.4) is 0 Å². The maximum Gasteiger partial charge on any atom is 0.508 e. The first-order valence-electron chi connectivity index (χ1n) is 4.61. The van der Waals surface area contributed by atoms with Crippen molar-refractivity contribution >= 4 is 14.6 Å².